The molecule has 1 nitrogen and oxygen atoms in total. The van der Waals surface area contributed by atoms with Crippen molar-refractivity contribution in [2.24, 2.45) is 0 Å². The van der Waals surface area contributed by atoms with Crippen molar-refractivity contribution in [2.75, 3.05) is 0 Å². The van der Waals surface area contributed by atoms with Crippen molar-refractivity contribution < 1.29 is 0 Å². The van der Waals surface area contributed by atoms with E-state index in [1.54, 1.807) is 0 Å². The molecule has 0 bridgehead atoms. The topological polar surface area (TPSA) is 12.9 Å². The molecule has 0 amide bonds. The van der Waals surface area contributed by atoms with Gasteiger partial charge in [-0.1, -0.05) is 23.7 Å². The molecule has 1 heterocycles. The van der Waals surface area contributed by atoms with Gasteiger partial charge in [0, 0.05) is 11.6 Å². The second kappa shape index (κ2) is 2.84. The van der Waals surface area contributed by atoms with Crippen LogP contribution >= 0.6 is 0 Å². The molecule has 1 aromatic carbocycles. The van der Waals surface area contributed by atoms with Crippen molar-refractivity contribution in [1.29, 1.82) is 0 Å². The molecule has 0 atom stereocenters. The van der Waals surface area contributed by atoms with Crippen molar-refractivity contribution in [2.45, 2.75) is 18.8 Å². The molecule has 0 unspecified atom stereocenters. The van der Waals surface area contributed by atoms with Gasteiger partial charge in [-0.2, -0.15) is 0 Å². The van der Waals surface area contributed by atoms with Crippen LogP contribution in [0.4, 0.5) is 0 Å². The Morgan fingerprint density at radius 1 is 1.14 bits per heavy atom. The van der Waals surface area contributed by atoms with Crippen LogP contribution in [0.2, 0.25) is 0 Å². The molecule has 14 heavy (non-hydrogen) atoms. The predicted octanol–water partition coefficient (Wildman–Crippen LogP) is 1.91. The summed E-state index contributed by atoms with van der Waals surface area (Å²) in [5, 5.41) is 1.13. The molecule has 1 fully saturated rings. The number of aromatic nitrogens is 1. The SMILES string of the molecule is [B]c1ccc2nc(C3CC3)ccc2c1. The monoisotopic (exact) mass is 179 g/mol. The number of pyridine rings is 1. The largest absolute Gasteiger partial charge is 0.253 e. The van der Waals surface area contributed by atoms with Gasteiger partial charge >= 0.3 is 0 Å². The van der Waals surface area contributed by atoms with Crippen LogP contribution in [0, 0.1) is 0 Å². The highest BCUT2D eigenvalue weighted by atomic mass is 14.7. The molecule has 0 aliphatic heterocycles. The smallest absolute Gasteiger partial charge is 0.113 e. The van der Waals surface area contributed by atoms with Crippen LogP contribution in [0.15, 0.2) is 30.3 Å². The van der Waals surface area contributed by atoms with E-state index >= 15 is 0 Å². The van der Waals surface area contributed by atoms with E-state index in [1.807, 2.05) is 18.2 Å². The van der Waals surface area contributed by atoms with Gasteiger partial charge in [-0.15, -0.1) is 0 Å². The summed E-state index contributed by atoms with van der Waals surface area (Å²) in [6.07, 6.45) is 2.60. The zero-order valence-electron chi connectivity index (χ0n) is 7.90. The third kappa shape index (κ3) is 1.31. The fourth-order valence-electron chi connectivity index (χ4n) is 1.77. The van der Waals surface area contributed by atoms with E-state index in [0.29, 0.717) is 0 Å². The van der Waals surface area contributed by atoms with Crippen LogP contribution in [0.1, 0.15) is 24.5 Å². The zero-order valence-corrected chi connectivity index (χ0v) is 7.90. The lowest BCUT2D eigenvalue weighted by atomic mass is 9.94. The Labute approximate surface area is 84.6 Å². The number of benzene rings is 1. The van der Waals surface area contributed by atoms with Crippen molar-refractivity contribution in [3.8, 4) is 0 Å². The first-order valence-electron chi connectivity index (χ1n) is 4.99. The molecule has 0 spiro atoms. The highest BCUT2D eigenvalue weighted by Gasteiger charge is 2.24. The summed E-state index contributed by atoms with van der Waals surface area (Å²) >= 11 is 0. The number of nitrogens with zero attached hydrogens (tertiary/aromatic N) is 1. The maximum Gasteiger partial charge on any atom is 0.113 e. The second-order valence-electron chi connectivity index (χ2n) is 3.96. The molecular formula is C12H10BN. The van der Waals surface area contributed by atoms with Gasteiger partial charge in [0.25, 0.3) is 0 Å². The first-order valence-corrected chi connectivity index (χ1v) is 4.99. The van der Waals surface area contributed by atoms with Gasteiger partial charge in [0.05, 0.1) is 5.52 Å². The van der Waals surface area contributed by atoms with Crippen LogP contribution in [0.25, 0.3) is 10.9 Å². The number of fused-ring (bicyclic) bond motifs is 1. The molecule has 1 saturated carbocycles. The molecule has 1 aromatic heterocycles. The molecule has 2 aromatic rings. The third-order valence-electron chi connectivity index (χ3n) is 2.73. The summed E-state index contributed by atoms with van der Waals surface area (Å²) in [6.45, 7) is 0. The molecule has 0 saturated heterocycles. The minimum Gasteiger partial charge on any atom is -0.253 e. The first kappa shape index (κ1) is 8.04. The van der Waals surface area contributed by atoms with E-state index in [4.69, 9.17) is 7.85 Å². The average molecular weight is 179 g/mol. The summed E-state index contributed by atoms with van der Waals surface area (Å²) in [7, 11) is 5.71. The van der Waals surface area contributed by atoms with Crippen molar-refractivity contribution in [3.05, 3.63) is 36.0 Å². The van der Waals surface area contributed by atoms with Gasteiger partial charge in [0.1, 0.15) is 7.85 Å². The fraction of sp³-hybridized carbons (Fsp3) is 0.250. The Bertz CT molecular complexity index is 489. The van der Waals surface area contributed by atoms with Gasteiger partial charge in [-0.3, -0.25) is 4.98 Å². The summed E-state index contributed by atoms with van der Waals surface area (Å²) in [4.78, 5) is 4.62. The summed E-state index contributed by atoms with van der Waals surface area (Å²) in [5.74, 6) is 0.719. The molecular weight excluding hydrogens is 169 g/mol. The summed E-state index contributed by atoms with van der Waals surface area (Å²) < 4.78 is 0. The Hall–Kier alpha value is -1.31. The van der Waals surface area contributed by atoms with Crippen LogP contribution < -0.4 is 5.46 Å². The van der Waals surface area contributed by atoms with Crippen molar-refractivity contribution in [1.82, 2.24) is 4.98 Å². The molecule has 2 radical (unpaired) electrons. The van der Waals surface area contributed by atoms with Crippen molar-refractivity contribution in [3.63, 3.8) is 0 Å². The lowest BCUT2D eigenvalue weighted by Crippen LogP contribution is -2.00. The van der Waals surface area contributed by atoms with Crippen LogP contribution in [0.3, 0.4) is 0 Å². The normalized spacial score (nSPS) is 16.0. The Balaban J connectivity index is 2.18. The lowest BCUT2D eigenvalue weighted by Gasteiger charge is -2.02. The quantitative estimate of drug-likeness (QED) is 0.609. The molecule has 2 heteroatoms. The van der Waals surface area contributed by atoms with Crippen LogP contribution in [0.5, 0.6) is 0 Å². The number of rotatable bonds is 1. The van der Waals surface area contributed by atoms with E-state index in [2.05, 4.69) is 17.1 Å². The molecule has 3 rings (SSSR count). The maximum atomic E-state index is 5.71. The zero-order chi connectivity index (χ0) is 9.54. The Morgan fingerprint density at radius 3 is 2.79 bits per heavy atom. The van der Waals surface area contributed by atoms with E-state index in [9.17, 15) is 0 Å². The van der Waals surface area contributed by atoms with E-state index < -0.39 is 0 Å². The van der Waals surface area contributed by atoms with Gasteiger partial charge in [0.15, 0.2) is 0 Å². The maximum absolute atomic E-state index is 5.71. The standard InChI is InChI=1S/C12H10BN/c13-10-4-6-12-9(7-10)3-5-11(14-12)8-1-2-8/h3-8H,1-2H2. The van der Waals surface area contributed by atoms with Crippen LogP contribution in [-0.2, 0) is 0 Å². The molecule has 1 aliphatic carbocycles. The van der Waals surface area contributed by atoms with Gasteiger partial charge < -0.3 is 0 Å². The predicted molar refractivity (Wildman–Crippen MR) is 59.1 cm³/mol. The average Bonchev–Trinajstić information content (AvgIpc) is 3.00. The van der Waals surface area contributed by atoms with Gasteiger partial charge in [-0.25, -0.2) is 0 Å². The second-order valence-corrected chi connectivity index (χ2v) is 3.96. The molecule has 0 N–H and O–H groups in total. The number of hydrogen-bond acceptors (Lipinski definition) is 1. The summed E-state index contributed by atoms with van der Waals surface area (Å²) in [6, 6.07) is 10.1. The minimum atomic E-state index is 0.719. The van der Waals surface area contributed by atoms with Crippen molar-refractivity contribution >= 4 is 24.2 Å². The Morgan fingerprint density at radius 2 is 2.00 bits per heavy atom. The third-order valence-corrected chi connectivity index (χ3v) is 2.73. The highest BCUT2D eigenvalue weighted by molar-refractivity contribution is 6.33. The van der Waals surface area contributed by atoms with E-state index in [1.165, 1.54) is 18.5 Å². The number of hydrogen-bond donors (Lipinski definition) is 0. The lowest BCUT2D eigenvalue weighted by molar-refractivity contribution is 1.04. The van der Waals surface area contributed by atoms with E-state index in [0.717, 1.165) is 22.3 Å². The summed E-state index contributed by atoms with van der Waals surface area (Å²) in [5.41, 5.74) is 3.10. The Kier molecular flexibility index (Phi) is 1.63. The molecule has 1 aliphatic rings. The highest BCUT2D eigenvalue weighted by Crippen LogP contribution is 2.39. The van der Waals surface area contributed by atoms with E-state index in [-0.39, 0.29) is 0 Å². The fourth-order valence-corrected chi connectivity index (χ4v) is 1.77. The van der Waals surface area contributed by atoms with Gasteiger partial charge in [-0.05, 0) is 30.4 Å². The van der Waals surface area contributed by atoms with Crippen LogP contribution in [-0.4, -0.2) is 12.8 Å². The molecule has 66 valence electrons. The minimum absolute atomic E-state index is 0.719. The van der Waals surface area contributed by atoms with Gasteiger partial charge in [0.2, 0.25) is 0 Å². The first-order chi connectivity index (χ1) is 6.83.